The molecule has 6 nitrogen and oxygen atoms in total. The summed E-state index contributed by atoms with van der Waals surface area (Å²) in [6.07, 6.45) is 3.05. The molecule has 0 aliphatic carbocycles. The van der Waals surface area contributed by atoms with Crippen molar-refractivity contribution in [3.05, 3.63) is 77.6 Å². The number of methoxy groups -OCH3 is 1. The Morgan fingerprint density at radius 3 is 2.90 bits per heavy atom. The van der Waals surface area contributed by atoms with Crippen LogP contribution in [0.3, 0.4) is 0 Å². The number of nitrogens with zero attached hydrogens (tertiary/aromatic N) is 2. The number of hydrogen-bond acceptors (Lipinski definition) is 5. The van der Waals surface area contributed by atoms with E-state index < -0.39 is 5.97 Å². The van der Waals surface area contributed by atoms with Gasteiger partial charge in [-0.05, 0) is 41.9 Å². The lowest BCUT2D eigenvalue weighted by molar-refractivity contribution is 0.0697. The van der Waals surface area contributed by atoms with Gasteiger partial charge in [0.05, 0.1) is 30.6 Å². The fourth-order valence-electron chi connectivity index (χ4n) is 3.93. The van der Waals surface area contributed by atoms with Crippen LogP contribution < -0.4 is 10.1 Å². The molecule has 148 valence electrons. The first-order valence-electron chi connectivity index (χ1n) is 9.46. The van der Waals surface area contributed by atoms with Crippen molar-refractivity contribution in [1.29, 1.82) is 0 Å². The molecule has 1 atom stereocenters. The molecule has 1 aliphatic heterocycles. The summed E-state index contributed by atoms with van der Waals surface area (Å²) in [6.45, 7) is 1.44. The summed E-state index contributed by atoms with van der Waals surface area (Å²) in [4.78, 5) is 17.7. The van der Waals surface area contributed by atoms with Crippen LogP contribution in [0.25, 0.3) is 11.1 Å². The van der Waals surface area contributed by atoms with E-state index in [4.69, 9.17) is 4.74 Å². The number of pyridine rings is 1. The largest absolute Gasteiger partial charge is 0.496 e. The highest BCUT2D eigenvalue weighted by Gasteiger charge is 2.28. The van der Waals surface area contributed by atoms with Gasteiger partial charge in [-0.25, -0.2) is 4.79 Å². The molecule has 0 saturated carbocycles. The number of para-hydroxylation sites is 1. The fourth-order valence-corrected chi connectivity index (χ4v) is 3.93. The molecule has 2 heterocycles. The van der Waals surface area contributed by atoms with Crippen molar-refractivity contribution in [2.24, 2.45) is 0 Å². The molecule has 1 aromatic heterocycles. The number of aromatic nitrogens is 1. The third-order valence-corrected chi connectivity index (χ3v) is 5.41. The number of aromatic carboxylic acids is 1. The summed E-state index contributed by atoms with van der Waals surface area (Å²) in [6, 6.07) is 16.2. The standard InChI is InChI=1S/C23H23N3O3/c1-26-14-16-11-15(18-5-3-4-6-22(18)29-2)7-8-17(16)21(26)13-25-20-12-24-10-9-19(20)23(27)28/h3-12,21,25H,13-14H2,1-2H3,(H,27,28)/t21-/m0/s1. The highest BCUT2D eigenvalue weighted by molar-refractivity contribution is 5.93. The molecule has 0 spiro atoms. The molecule has 0 unspecified atom stereocenters. The molecule has 0 fully saturated rings. The van der Waals surface area contributed by atoms with Crippen molar-refractivity contribution >= 4 is 11.7 Å². The molecule has 2 aromatic carbocycles. The number of likely N-dealkylation sites (N-methyl/N-ethyl adjacent to an activating group) is 1. The van der Waals surface area contributed by atoms with Gasteiger partial charge in [-0.1, -0.05) is 30.3 Å². The maximum atomic E-state index is 11.4. The molecule has 0 saturated heterocycles. The number of nitrogens with one attached hydrogen (secondary N) is 1. The number of carbonyl (C=O) groups is 1. The van der Waals surface area contributed by atoms with Gasteiger partial charge < -0.3 is 15.2 Å². The Kier molecular flexibility index (Phi) is 5.18. The molecule has 4 rings (SSSR count). The van der Waals surface area contributed by atoms with Gasteiger partial charge in [-0.2, -0.15) is 0 Å². The van der Waals surface area contributed by atoms with Crippen molar-refractivity contribution in [3.63, 3.8) is 0 Å². The van der Waals surface area contributed by atoms with Crippen LogP contribution in [0.2, 0.25) is 0 Å². The van der Waals surface area contributed by atoms with Crippen LogP contribution in [0.15, 0.2) is 60.9 Å². The smallest absolute Gasteiger partial charge is 0.337 e. The molecule has 29 heavy (non-hydrogen) atoms. The van der Waals surface area contributed by atoms with Gasteiger partial charge in [-0.3, -0.25) is 9.88 Å². The number of anilines is 1. The topological polar surface area (TPSA) is 74.7 Å². The summed E-state index contributed by atoms with van der Waals surface area (Å²) in [5.74, 6) is -0.105. The van der Waals surface area contributed by atoms with E-state index >= 15 is 0 Å². The van der Waals surface area contributed by atoms with E-state index in [2.05, 4.69) is 46.5 Å². The number of carboxylic acid groups (broad SMARTS) is 1. The Balaban J connectivity index is 1.58. The Morgan fingerprint density at radius 2 is 2.10 bits per heavy atom. The predicted molar refractivity (Wildman–Crippen MR) is 112 cm³/mol. The first-order chi connectivity index (χ1) is 14.1. The van der Waals surface area contributed by atoms with Gasteiger partial charge >= 0.3 is 5.97 Å². The first kappa shape index (κ1) is 19.0. The highest BCUT2D eigenvalue weighted by atomic mass is 16.5. The van der Waals surface area contributed by atoms with E-state index in [9.17, 15) is 9.90 Å². The minimum Gasteiger partial charge on any atom is -0.496 e. The van der Waals surface area contributed by atoms with Crippen molar-refractivity contribution in [2.75, 3.05) is 26.0 Å². The van der Waals surface area contributed by atoms with E-state index in [1.165, 1.54) is 23.4 Å². The highest BCUT2D eigenvalue weighted by Crippen LogP contribution is 2.37. The number of benzene rings is 2. The lowest BCUT2D eigenvalue weighted by Gasteiger charge is -2.22. The van der Waals surface area contributed by atoms with E-state index in [1.54, 1.807) is 13.3 Å². The minimum atomic E-state index is -0.962. The van der Waals surface area contributed by atoms with Gasteiger partial charge in [0.25, 0.3) is 0 Å². The Hall–Kier alpha value is -3.38. The molecule has 0 radical (unpaired) electrons. The molecule has 2 N–H and O–H groups in total. The quantitative estimate of drug-likeness (QED) is 0.662. The third-order valence-electron chi connectivity index (χ3n) is 5.41. The van der Waals surface area contributed by atoms with Crippen LogP contribution in [-0.2, 0) is 6.54 Å². The average Bonchev–Trinajstić information content (AvgIpc) is 3.06. The van der Waals surface area contributed by atoms with Gasteiger partial charge in [0.2, 0.25) is 0 Å². The van der Waals surface area contributed by atoms with Gasteiger partial charge in [0, 0.05) is 24.8 Å². The number of rotatable bonds is 6. The number of carboxylic acids is 1. The van der Waals surface area contributed by atoms with Crippen LogP contribution in [0, 0.1) is 0 Å². The SMILES string of the molecule is COc1ccccc1-c1ccc2c(c1)CN(C)[C@H]2CNc1cnccc1C(=O)O. The van der Waals surface area contributed by atoms with Crippen LogP contribution in [0.1, 0.15) is 27.5 Å². The van der Waals surface area contributed by atoms with E-state index in [-0.39, 0.29) is 11.6 Å². The first-order valence-corrected chi connectivity index (χ1v) is 9.46. The Labute approximate surface area is 169 Å². The summed E-state index contributed by atoms with van der Waals surface area (Å²) < 4.78 is 5.51. The summed E-state index contributed by atoms with van der Waals surface area (Å²) >= 11 is 0. The summed E-state index contributed by atoms with van der Waals surface area (Å²) in [5.41, 5.74) is 5.48. The van der Waals surface area contributed by atoms with Gasteiger partial charge in [0.1, 0.15) is 5.75 Å². The zero-order valence-electron chi connectivity index (χ0n) is 16.4. The monoisotopic (exact) mass is 389 g/mol. The summed E-state index contributed by atoms with van der Waals surface area (Å²) in [7, 11) is 3.77. The average molecular weight is 389 g/mol. The van der Waals surface area contributed by atoms with Crippen LogP contribution in [-0.4, -0.2) is 41.7 Å². The van der Waals surface area contributed by atoms with Crippen LogP contribution >= 0.6 is 0 Å². The number of ether oxygens (including phenoxy) is 1. The predicted octanol–water partition coefficient (Wildman–Crippen LogP) is 4.05. The Morgan fingerprint density at radius 1 is 1.28 bits per heavy atom. The second-order valence-corrected chi connectivity index (χ2v) is 7.15. The van der Waals surface area contributed by atoms with E-state index in [0.717, 1.165) is 23.4 Å². The lowest BCUT2D eigenvalue weighted by Crippen LogP contribution is -2.24. The van der Waals surface area contributed by atoms with Gasteiger partial charge in [0.15, 0.2) is 0 Å². The van der Waals surface area contributed by atoms with Crippen molar-refractivity contribution in [3.8, 4) is 16.9 Å². The molecule has 1 aliphatic rings. The van der Waals surface area contributed by atoms with Crippen molar-refractivity contribution in [1.82, 2.24) is 9.88 Å². The van der Waals surface area contributed by atoms with Gasteiger partial charge in [-0.15, -0.1) is 0 Å². The zero-order chi connectivity index (χ0) is 20.4. The molecular formula is C23H23N3O3. The summed E-state index contributed by atoms with van der Waals surface area (Å²) in [5, 5.41) is 12.6. The molecular weight excluding hydrogens is 366 g/mol. The lowest BCUT2D eigenvalue weighted by atomic mass is 9.97. The maximum absolute atomic E-state index is 11.4. The van der Waals surface area contributed by atoms with Crippen molar-refractivity contribution in [2.45, 2.75) is 12.6 Å². The van der Waals surface area contributed by atoms with E-state index in [1.807, 2.05) is 18.2 Å². The number of fused-ring (bicyclic) bond motifs is 1. The molecule has 3 aromatic rings. The number of hydrogen-bond donors (Lipinski definition) is 2. The second kappa shape index (κ2) is 7.93. The minimum absolute atomic E-state index is 0.151. The second-order valence-electron chi connectivity index (χ2n) is 7.15. The van der Waals surface area contributed by atoms with E-state index in [0.29, 0.717) is 12.2 Å². The Bertz CT molecular complexity index is 1050. The molecule has 0 amide bonds. The maximum Gasteiger partial charge on any atom is 0.337 e. The fraction of sp³-hybridized carbons (Fsp3) is 0.217. The van der Waals surface area contributed by atoms with Crippen LogP contribution in [0.5, 0.6) is 5.75 Å². The molecule has 6 heteroatoms. The third kappa shape index (κ3) is 3.67. The van der Waals surface area contributed by atoms with Crippen molar-refractivity contribution < 1.29 is 14.6 Å². The zero-order valence-corrected chi connectivity index (χ0v) is 16.4. The normalized spacial score (nSPS) is 15.7. The molecule has 0 bridgehead atoms. The van der Waals surface area contributed by atoms with Crippen LogP contribution in [0.4, 0.5) is 5.69 Å².